The lowest BCUT2D eigenvalue weighted by atomic mass is 9.87. The Hall–Kier alpha value is -2.11. The van der Waals surface area contributed by atoms with E-state index in [0.29, 0.717) is 23.2 Å². The third kappa shape index (κ3) is 2.27. The van der Waals surface area contributed by atoms with Crippen molar-refractivity contribution in [1.82, 2.24) is 10.1 Å². The molecule has 96 valence electrons. The Morgan fingerprint density at radius 2 is 2.17 bits per heavy atom. The van der Waals surface area contributed by atoms with Gasteiger partial charge in [-0.2, -0.15) is 0 Å². The van der Waals surface area contributed by atoms with E-state index in [-0.39, 0.29) is 5.91 Å². The van der Waals surface area contributed by atoms with E-state index < -0.39 is 5.41 Å². The Morgan fingerprint density at radius 3 is 2.72 bits per heavy atom. The SMILES string of the molecule is CC(=O)Nc1cc(C(C)(C)c2cnc(C)o2)no1. The molecule has 0 aliphatic rings. The summed E-state index contributed by atoms with van der Waals surface area (Å²) in [6.07, 6.45) is 1.67. The van der Waals surface area contributed by atoms with Crippen molar-refractivity contribution < 1.29 is 13.7 Å². The molecule has 0 aliphatic heterocycles. The molecule has 6 nitrogen and oxygen atoms in total. The first-order chi connectivity index (χ1) is 8.39. The lowest BCUT2D eigenvalue weighted by molar-refractivity contribution is -0.114. The molecule has 0 radical (unpaired) electrons. The van der Waals surface area contributed by atoms with Crippen molar-refractivity contribution in [1.29, 1.82) is 0 Å². The van der Waals surface area contributed by atoms with Gasteiger partial charge >= 0.3 is 0 Å². The van der Waals surface area contributed by atoms with Gasteiger partial charge < -0.3 is 8.94 Å². The summed E-state index contributed by atoms with van der Waals surface area (Å²) in [7, 11) is 0. The molecule has 0 spiro atoms. The molecule has 6 heteroatoms. The number of aryl methyl sites for hydroxylation is 1. The summed E-state index contributed by atoms with van der Waals surface area (Å²) in [5, 5.41) is 6.49. The van der Waals surface area contributed by atoms with Crippen LogP contribution in [-0.2, 0) is 10.2 Å². The number of aromatic nitrogens is 2. The van der Waals surface area contributed by atoms with E-state index in [1.165, 1.54) is 6.92 Å². The summed E-state index contributed by atoms with van der Waals surface area (Å²) in [5.41, 5.74) is 0.198. The van der Waals surface area contributed by atoms with Gasteiger partial charge in [0.15, 0.2) is 5.89 Å². The van der Waals surface area contributed by atoms with Crippen molar-refractivity contribution >= 4 is 11.8 Å². The van der Waals surface area contributed by atoms with Gasteiger partial charge in [-0.1, -0.05) is 5.16 Å². The van der Waals surface area contributed by atoms with Crippen LogP contribution in [0.5, 0.6) is 0 Å². The van der Waals surface area contributed by atoms with Crippen LogP contribution < -0.4 is 5.32 Å². The lowest BCUT2D eigenvalue weighted by Crippen LogP contribution is -2.18. The van der Waals surface area contributed by atoms with Crippen LogP contribution in [0.25, 0.3) is 0 Å². The molecule has 2 heterocycles. The fraction of sp³-hybridized carbons (Fsp3) is 0.417. The van der Waals surface area contributed by atoms with Crippen molar-refractivity contribution in [2.24, 2.45) is 0 Å². The van der Waals surface area contributed by atoms with Crippen LogP contribution in [0, 0.1) is 6.92 Å². The minimum absolute atomic E-state index is 0.203. The standard InChI is InChI=1S/C12H15N3O3/c1-7(16)14-11-5-9(15-18-11)12(3,4)10-6-13-8(2)17-10/h5-6H,1-4H3,(H,14,16). The van der Waals surface area contributed by atoms with Gasteiger partial charge in [-0.25, -0.2) is 4.98 Å². The Bertz CT molecular complexity index is 569. The molecule has 2 aromatic rings. The van der Waals surface area contributed by atoms with E-state index in [0.717, 1.165) is 0 Å². The Labute approximate surface area is 104 Å². The van der Waals surface area contributed by atoms with Crippen LogP contribution in [0.2, 0.25) is 0 Å². The van der Waals surface area contributed by atoms with Crippen LogP contribution in [0.15, 0.2) is 21.2 Å². The van der Waals surface area contributed by atoms with Crippen molar-refractivity contribution in [2.75, 3.05) is 5.32 Å². The van der Waals surface area contributed by atoms with Crippen LogP contribution in [-0.4, -0.2) is 16.0 Å². The summed E-state index contributed by atoms with van der Waals surface area (Å²) in [6, 6.07) is 1.68. The first-order valence-electron chi connectivity index (χ1n) is 5.57. The largest absolute Gasteiger partial charge is 0.445 e. The van der Waals surface area contributed by atoms with E-state index in [4.69, 9.17) is 8.94 Å². The number of hydrogen-bond donors (Lipinski definition) is 1. The van der Waals surface area contributed by atoms with Gasteiger partial charge in [-0.15, -0.1) is 0 Å². The molecule has 0 atom stereocenters. The Kier molecular flexibility index (Phi) is 2.94. The first-order valence-corrected chi connectivity index (χ1v) is 5.57. The number of rotatable bonds is 3. The van der Waals surface area contributed by atoms with Crippen molar-refractivity contribution in [3.05, 3.63) is 29.6 Å². The van der Waals surface area contributed by atoms with E-state index in [1.807, 2.05) is 13.8 Å². The number of carbonyl (C=O) groups is 1. The third-order valence-electron chi connectivity index (χ3n) is 2.69. The summed E-state index contributed by atoms with van der Waals surface area (Å²) < 4.78 is 10.6. The highest BCUT2D eigenvalue weighted by atomic mass is 16.5. The fourth-order valence-electron chi connectivity index (χ4n) is 1.58. The monoisotopic (exact) mass is 249 g/mol. The van der Waals surface area contributed by atoms with Gasteiger partial charge in [0.25, 0.3) is 0 Å². The van der Waals surface area contributed by atoms with Gasteiger partial charge in [-0.05, 0) is 13.8 Å². The molecule has 0 saturated heterocycles. The van der Waals surface area contributed by atoms with E-state index >= 15 is 0 Å². The van der Waals surface area contributed by atoms with Crippen LogP contribution in [0.4, 0.5) is 5.88 Å². The normalized spacial score (nSPS) is 11.6. The highest BCUT2D eigenvalue weighted by Crippen LogP contribution is 2.32. The number of nitrogens with one attached hydrogen (secondary N) is 1. The second kappa shape index (κ2) is 4.29. The molecule has 0 aliphatic carbocycles. The van der Waals surface area contributed by atoms with Crippen molar-refractivity contribution in [2.45, 2.75) is 33.1 Å². The van der Waals surface area contributed by atoms with Gasteiger partial charge in [0.1, 0.15) is 5.76 Å². The molecule has 0 aromatic carbocycles. The van der Waals surface area contributed by atoms with Gasteiger partial charge in [-0.3, -0.25) is 10.1 Å². The highest BCUT2D eigenvalue weighted by Gasteiger charge is 2.31. The molecule has 0 fully saturated rings. The van der Waals surface area contributed by atoms with Crippen LogP contribution in [0.1, 0.15) is 38.1 Å². The number of oxazole rings is 1. The molecule has 0 bridgehead atoms. The van der Waals surface area contributed by atoms with Crippen molar-refractivity contribution in [3.8, 4) is 0 Å². The quantitative estimate of drug-likeness (QED) is 0.902. The van der Waals surface area contributed by atoms with E-state index in [1.54, 1.807) is 19.2 Å². The first kappa shape index (κ1) is 12.3. The average molecular weight is 249 g/mol. The smallest absolute Gasteiger partial charge is 0.231 e. The van der Waals surface area contributed by atoms with Crippen molar-refractivity contribution in [3.63, 3.8) is 0 Å². The van der Waals surface area contributed by atoms with Gasteiger partial charge in [0.05, 0.1) is 17.3 Å². The zero-order valence-electron chi connectivity index (χ0n) is 10.8. The van der Waals surface area contributed by atoms with Gasteiger partial charge in [0, 0.05) is 19.9 Å². The summed E-state index contributed by atoms with van der Waals surface area (Å²) >= 11 is 0. The molecule has 0 saturated carbocycles. The molecular weight excluding hydrogens is 234 g/mol. The third-order valence-corrected chi connectivity index (χ3v) is 2.69. The molecular formula is C12H15N3O3. The van der Waals surface area contributed by atoms with E-state index in [9.17, 15) is 4.79 Å². The number of anilines is 1. The highest BCUT2D eigenvalue weighted by molar-refractivity contribution is 5.87. The molecule has 2 aromatic heterocycles. The number of amides is 1. The van der Waals surface area contributed by atoms with Crippen LogP contribution in [0.3, 0.4) is 0 Å². The predicted molar refractivity (Wildman–Crippen MR) is 64.2 cm³/mol. The second-order valence-corrected chi connectivity index (χ2v) is 4.63. The van der Waals surface area contributed by atoms with Crippen LogP contribution >= 0.6 is 0 Å². The predicted octanol–water partition coefficient (Wildman–Crippen LogP) is 2.26. The molecule has 2 rings (SSSR count). The summed E-state index contributed by atoms with van der Waals surface area (Å²) in [6.45, 7) is 7.09. The zero-order valence-corrected chi connectivity index (χ0v) is 10.8. The number of carbonyl (C=O) groups excluding carboxylic acids is 1. The fourth-order valence-corrected chi connectivity index (χ4v) is 1.58. The zero-order chi connectivity index (χ0) is 13.3. The molecule has 1 amide bonds. The molecule has 18 heavy (non-hydrogen) atoms. The average Bonchev–Trinajstić information content (AvgIpc) is 2.86. The summed E-state index contributed by atoms with van der Waals surface area (Å²) in [5.74, 6) is 1.42. The lowest BCUT2D eigenvalue weighted by Gasteiger charge is -2.17. The summed E-state index contributed by atoms with van der Waals surface area (Å²) in [4.78, 5) is 15.0. The minimum Gasteiger partial charge on any atom is -0.445 e. The topological polar surface area (TPSA) is 81.2 Å². The van der Waals surface area contributed by atoms with Gasteiger partial charge in [0.2, 0.25) is 11.8 Å². The second-order valence-electron chi connectivity index (χ2n) is 4.63. The number of nitrogens with zero attached hydrogens (tertiary/aromatic N) is 2. The minimum atomic E-state index is -0.471. The Balaban J connectivity index is 2.29. The van der Waals surface area contributed by atoms with E-state index in [2.05, 4.69) is 15.5 Å². The maximum atomic E-state index is 10.9. The maximum Gasteiger partial charge on any atom is 0.231 e. The molecule has 0 unspecified atom stereocenters. The molecule has 1 N–H and O–H groups in total. The maximum absolute atomic E-state index is 10.9. The Morgan fingerprint density at radius 1 is 1.44 bits per heavy atom. The number of hydrogen-bond acceptors (Lipinski definition) is 5.